The third kappa shape index (κ3) is 2.64. The van der Waals surface area contributed by atoms with Crippen molar-refractivity contribution in [2.45, 2.75) is 38.2 Å². The van der Waals surface area contributed by atoms with Crippen LogP contribution in [-0.2, 0) is 9.53 Å². The lowest BCUT2D eigenvalue weighted by Crippen LogP contribution is -2.45. The summed E-state index contributed by atoms with van der Waals surface area (Å²) in [4.78, 5) is 11.3. The molecule has 0 aromatic heterocycles. The summed E-state index contributed by atoms with van der Waals surface area (Å²) < 4.78 is 30.4. The van der Waals surface area contributed by atoms with Gasteiger partial charge in [-0.1, -0.05) is 0 Å². The minimum Gasteiger partial charge on any atom is -0.466 e. The molecule has 0 aromatic rings. The molecule has 1 fully saturated rings. The summed E-state index contributed by atoms with van der Waals surface area (Å²) in [7, 11) is 0. The highest BCUT2D eigenvalue weighted by molar-refractivity contribution is 5.73. The average Bonchev–Trinajstić information content (AvgIpc) is 2.02. The number of nitrogens with two attached hydrogens (primary N) is 1. The number of halogens is 2. The number of esters is 1. The summed E-state index contributed by atoms with van der Waals surface area (Å²) in [6, 6.07) is -0.780. The van der Waals surface area contributed by atoms with Crippen LogP contribution in [0.3, 0.4) is 0 Å². The highest BCUT2D eigenvalue weighted by atomic mass is 19.3. The Kier molecular flexibility index (Phi) is 3.42. The second-order valence-corrected chi connectivity index (χ2v) is 3.62. The predicted octanol–water partition coefficient (Wildman–Crippen LogP) is 1.31. The molecule has 14 heavy (non-hydrogen) atoms. The summed E-state index contributed by atoms with van der Waals surface area (Å²) in [6.07, 6.45) is -0.576. The quantitative estimate of drug-likeness (QED) is 0.694. The first-order valence-electron chi connectivity index (χ1n) is 4.76. The number of hydrogen-bond donors (Lipinski definition) is 1. The highest BCUT2D eigenvalue weighted by Gasteiger charge is 2.43. The van der Waals surface area contributed by atoms with Crippen LogP contribution in [0.4, 0.5) is 8.78 Å². The largest absolute Gasteiger partial charge is 0.466 e. The van der Waals surface area contributed by atoms with Crippen molar-refractivity contribution >= 4 is 5.97 Å². The molecular weight excluding hydrogens is 192 g/mol. The number of ether oxygens (including phenoxy) is 1. The van der Waals surface area contributed by atoms with Crippen LogP contribution in [0.15, 0.2) is 0 Å². The van der Waals surface area contributed by atoms with Crippen molar-refractivity contribution in [1.82, 2.24) is 0 Å². The molecule has 3 nitrogen and oxygen atoms in total. The van der Waals surface area contributed by atoms with Crippen LogP contribution in [0, 0.1) is 5.92 Å². The van der Waals surface area contributed by atoms with Gasteiger partial charge in [0.2, 0.25) is 5.92 Å². The van der Waals surface area contributed by atoms with Gasteiger partial charge in [0, 0.05) is 18.9 Å². The molecule has 0 bridgehead atoms. The zero-order valence-electron chi connectivity index (χ0n) is 8.13. The highest BCUT2D eigenvalue weighted by Crippen LogP contribution is 2.35. The molecular formula is C9H15F2NO2. The molecule has 2 N–H and O–H groups in total. The van der Waals surface area contributed by atoms with Crippen molar-refractivity contribution in [3.63, 3.8) is 0 Å². The summed E-state index contributed by atoms with van der Waals surface area (Å²) in [5.74, 6) is -3.73. The van der Waals surface area contributed by atoms with Crippen molar-refractivity contribution in [2.75, 3.05) is 6.61 Å². The van der Waals surface area contributed by atoms with Gasteiger partial charge in [-0.05, 0) is 13.3 Å². The topological polar surface area (TPSA) is 52.3 Å². The molecule has 0 aromatic carbocycles. The van der Waals surface area contributed by atoms with Crippen molar-refractivity contribution in [1.29, 1.82) is 0 Å². The van der Waals surface area contributed by atoms with E-state index in [9.17, 15) is 13.6 Å². The van der Waals surface area contributed by atoms with Crippen molar-refractivity contribution in [2.24, 2.45) is 11.7 Å². The molecule has 0 unspecified atom stereocenters. The molecule has 0 heterocycles. The SMILES string of the molecule is CCOC(=O)[C@H]1CCC(F)(F)C[C@@H]1N. The monoisotopic (exact) mass is 207 g/mol. The smallest absolute Gasteiger partial charge is 0.310 e. The van der Waals surface area contributed by atoms with Gasteiger partial charge >= 0.3 is 5.97 Å². The van der Waals surface area contributed by atoms with Gasteiger partial charge in [0.1, 0.15) is 0 Å². The summed E-state index contributed by atoms with van der Waals surface area (Å²) in [5, 5.41) is 0. The molecule has 2 atom stereocenters. The van der Waals surface area contributed by atoms with Gasteiger partial charge in [-0.15, -0.1) is 0 Å². The molecule has 0 saturated heterocycles. The fourth-order valence-corrected chi connectivity index (χ4v) is 1.71. The Hall–Kier alpha value is -0.710. The van der Waals surface area contributed by atoms with Gasteiger partial charge in [0.05, 0.1) is 12.5 Å². The number of carbonyl (C=O) groups is 1. The number of rotatable bonds is 2. The van der Waals surface area contributed by atoms with Gasteiger partial charge in [-0.2, -0.15) is 0 Å². The molecule has 5 heteroatoms. The van der Waals surface area contributed by atoms with Crippen molar-refractivity contribution in [3.8, 4) is 0 Å². The third-order valence-electron chi connectivity index (χ3n) is 2.46. The summed E-state index contributed by atoms with van der Waals surface area (Å²) >= 11 is 0. The van der Waals surface area contributed by atoms with E-state index in [0.717, 1.165) is 0 Å². The standard InChI is InChI=1S/C9H15F2NO2/c1-2-14-8(13)6-3-4-9(10,11)5-7(6)12/h6-7H,2-5,12H2,1H3/t6-,7-/m0/s1. The van der Waals surface area contributed by atoms with E-state index in [1.807, 2.05) is 0 Å². The van der Waals surface area contributed by atoms with E-state index in [1.54, 1.807) is 6.92 Å². The predicted molar refractivity (Wildman–Crippen MR) is 46.9 cm³/mol. The molecule has 1 rings (SSSR count). The minimum absolute atomic E-state index is 0.118. The maximum absolute atomic E-state index is 12.8. The van der Waals surface area contributed by atoms with E-state index >= 15 is 0 Å². The van der Waals surface area contributed by atoms with E-state index in [0.29, 0.717) is 0 Å². The van der Waals surface area contributed by atoms with Crippen molar-refractivity contribution < 1.29 is 18.3 Å². The third-order valence-corrected chi connectivity index (χ3v) is 2.46. The van der Waals surface area contributed by atoms with E-state index < -0.39 is 30.3 Å². The van der Waals surface area contributed by atoms with Gasteiger partial charge in [-0.25, -0.2) is 8.78 Å². The Morgan fingerprint density at radius 1 is 1.64 bits per heavy atom. The first-order chi connectivity index (χ1) is 6.46. The van der Waals surface area contributed by atoms with Crippen LogP contribution in [0.5, 0.6) is 0 Å². The van der Waals surface area contributed by atoms with Crippen LogP contribution >= 0.6 is 0 Å². The minimum atomic E-state index is -2.72. The lowest BCUT2D eigenvalue weighted by molar-refractivity contribution is -0.153. The lowest BCUT2D eigenvalue weighted by atomic mass is 9.83. The molecule has 1 aliphatic carbocycles. The Morgan fingerprint density at radius 2 is 2.29 bits per heavy atom. The molecule has 1 saturated carbocycles. The fraction of sp³-hybridized carbons (Fsp3) is 0.889. The first kappa shape index (κ1) is 11.4. The van der Waals surface area contributed by atoms with Crippen LogP contribution in [0.25, 0.3) is 0 Å². The second kappa shape index (κ2) is 4.21. The fourth-order valence-electron chi connectivity index (χ4n) is 1.71. The van der Waals surface area contributed by atoms with Gasteiger partial charge in [-0.3, -0.25) is 4.79 Å². The maximum Gasteiger partial charge on any atom is 0.310 e. The van der Waals surface area contributed by atoms with E-state index in [-0.39, 0.29) is 19.4 Å². The maximum atomic E-state index is 12.8. The first-order valence-corrected chi connectivity index (χ1v) is 4.76. The Balaban J connectivity index is 2.53. The molecule has 0 spiro atoms. The molecule has 0 amide bonds. The van der Waals surface area contributed by atoms with Crippen LogP contribution < -0.4 is 5.73 Å². The second-order valence-electron chi connectivity index (χ2n) is 3.62. The number of alkyl halides is 2. The van der Waals surface area contributed by atoms with E-state index in [1.165, 1.54) is 0 Å². The average molecular weight is 207 g/mol. The number of hydrogen-bond acceptors (Lipinski definition) is 3. The lowest BCUT2D eigenvalue weighted by Gasteiger charge is -2.32. The van der Waals surface area contributed by atoms with Gasteiger partial charge in [0.25, 0.3) is 0 Å². The number of carbonyl (C=O) groups excluding carboxylic acids is 1. The van der Waals surface area contributed by atoms with Crippen LogP contribution in [0.2, 0.25) is 0 Å². The summed E-state index contributed by atoms with van der Waals surface area (Å²) in [5.41, 5.74) is 5.50. The Labute approximate surface area is 81.6 Å². The van der Waals surface area contributed by atoms with E-state index in [2.05, 4.69) is 0 Å². The van der Waals surface area contributed by atoms with Gasteiger partial charge in [0.15, 0.2) is 0 Å². The molecule has 1 aliphatic rings. The van der Waals surface area contributed by atoms with Crippen molar-refractivity contribution in [3.05, 3.63) is 0 Å². The molecule has 0 aliphatic heterocycles. The normalized spacial score (nSPS) is 31.1. The van der Waals surface area contributed by atoms with Crippen LogP contribution in [0.1, 0.15) is 26.2 Å². The van der Waals surface area contributed by atoms with E-state index in [4.69, 9.17) is 10.5 Å². The summed E-state index contributed by atoms with van der Waals surface area (Å²) in [6.45, 7) is 1.94. The van der Waals surface area contributed by atoms with Gasteiger partial charge < -0.3 is 10.5 Å². The molecule has 82 valence electrons. The zero-order chi connectivity index (χ0) is 10.8. The Morgan fingerprint density at radius 3 is 2.79 bits per heavy atom. The molecule has 0 radical (unpaired) electrons. The zero-order valence-corrected chi connectivity index (χ0v) is 8.13. The van der Waals surface area contributed by atoms with Crippen LogP contribution in [-0.4, -0.2) is 24.5 Å². The Bertz CT molecular complexity index is 221.